The molecule has 0 atom stereocenters. The summed E-state index contributed by atoms with van der Waals surface area (Å²) in [5.74, 6) is -0.427. The number of aromatic nitrogens is 1. The maximum Gasteiger partial charge on any atom is 0.269 e. The van der Waals surface area contributed by atoms with Crippen LogP contribution in [0.1, 0.15) is 16.1 Å². The van der Waals surface area contributed by atoms with Crippen molar-refractivity contribution in [2.24, 2.45) is 0 Å². The summed E-state index contributed by atoms with van der Waals surface area (Å²) in [7, 11) is 1.53. The molecular formula is C14H14FN3O2. The number of benzene rings is 1. The fourth-order valence-corrected chi connectivity index (χ4v) is 1.58. The van der Waals surface area contributed by atoms with Gasteiger partial charge in [-0.05, 0) is 29.8 Å². The lowest BCUT2D eigenvalue weighted by molar-refractivity contribution is 0.0958. The molecule has 1 aromatic heterocycles. The van der Waals surface area contributed by atoms with Crippen molar-refractivity contribution in [3.8, 4) is 5.75 Å². The van der Waals surface area contributed by atoms with E-state index in [1.54, 1.807) is 18.2 Å². The molecule has 3 N–H and O–H groups in total. The van der Waals surface area contributed by atoms with Crippen molar-refractivity contribution in [2.45, 2.75) is 6.61 Å². The van der Waals surface area contributed by atoms with E-state index in [-0.39, 0.29) is 18.2 Å². The van der Waals surface area contributed by atoms with Gasteiger partial charge in [0, 0.05) is 19.3 Å². The number of anilines is 1. The third-order valence-corrected chi connectivity index (χ3v) is 2.66. The Hall–Kier alpha value is -2.63. The van der Waals surface area contributed by atoms with Crippen molar-refractivity contribution in [1.82, 2.24) is 10.3 Å². The highest BCUT2D eigenvalue weighted by Crippen LogP contribution is 2.19. The minimum absolute atomic E-state index is 0.0724. The Morgan fingerprint density at radius 2 is 2.20 bits per heavy atom. The molecule has 0 unspecified atom stereocenters. The molecule has 0 saturated heterocycles. The van der Waals surface area contributed by atoms with Gasteiger partial charge in [0.15, 0.2) is 0 Å². The van der Waals surface area contributed by atoms with Gasteiger partial charge in [0.25, 0.3) is 5.91 Å². The van der Waals surface area contributed by atoms with Crippen molar-refractivity contribution < 1.29 is 13.9 Å². The van der Waals surface area contributed by atoms with Crippen LogP contribution in [-0.4, -0.2) is 17.9 Å². The second-order valence-electron chi connectivity index (χ2n) is 4.10. The largest absolute Gasteiger partial charge is 0.489 e. The third kappa shape index (κ3) is 3.23. The topological polar surface area (TPSA) is 77.2 Å². The van der Waals surface area contributed by atoms with Gasteiger partial charge in [-0.3, -0.25) is 9.78 Å². The molecule has 0 bridgehead atoms. The summed E-state index contributed by atoms with van der Waals surface area (Å²) in [4.78, 5) is 15.4. The predicted octanol–water partition coefficient (Wildman–Crippen LogP) is 1.74. The van der Waals surface area contributed by atoms with Crippen LogP contribution in [0.25, 0.3) is 0 Å². The summed E-state index contributed by atoms with van der Waals surface area (Å²) < 4.78 is 18.7. The molecule has 5 nitrogen and oxygen atoms in total. The van der Waals surface area contributed by atoms with Gasteiger partial charge in [0.2, 0.25) is 0 Å². The monoisotopic (exact) mass is 275 g/mol. The standard InChI is InChI=1S/C14H14FN3O2/c1-17-14(19)13-6-9(4-5-18-13)8-20-10-2-3-12(16)11(15)7-10/h2-7H,8,16H2,1H3,(H,17,19). The average molecular weight is 275 g/mol. The first kappa shape index (κ1) is 13.8. The lowest BCUT2D eigenvalue weighted by atomic mass is 10.2. The number of hydrogen-bond acceptors (Lipinski definition) is 4. The Balaban J connectivity index is 2.07. The van der Waals surface area contributed by atoms with E-state index in [0.717, 1.165) is 5.56 Å². The highest BCUT2D eigenvalue weighted by Gasteiger charge is 2.06. The van der Waals surface area contributed by atoms with Gasteiger partial charge in [-0.1, -0.05) is 0 Å². The van der Waals surface area contributed by atoms with E-state index < -0.39 is 5.82 Å². The number of carbonyl (C=O) groups excluding carboxylic acids is 1. The lowest BCUT2D eigenvalue weighted by Gasteiger charge is -2.08. The second kappa shape index (κ2) is 6.01. The molecule has 20 heavy (non-hydrogen) atoms. The number of hydrogen-bond donors (Lipinski definition) is 2. The first-order valence-corrected chi connectivity index (χ1v) is 5.95. The summed E-state index contributed by atoms with van der Waals surface area (Å²) in [5.41, 5.74) is 6.52. The number of halogens is 1. The van der Waals surface area contributed by atoms with E-state index in [9.17, 15) is 9.18 Å². The van der Waals surface area contributed by atoms with Gasteiger partial charge in [-0.25, -0.2) is 4.39 Å². The second-order valence-corrected chi connectivity index (χ2v) is 4.10. The summed E-state index contributed by atoms with van der Waals surface area (Å²) in [6, 6.07) is 7.58. The van der Waals surface area contributed by atoms with Crippen molar-refractivity contribution in [3.05, 3.63) is 53.6 Å². The number of nitrogens with two attached hydrogens (primary N) is 1. The Morgan fingerprint density at radius 3 is 2.90 bits per heavy atom. The molecule has 0 aliphatic heterocycles. The fourth-order valence-electron chi connectivity index (χ4n) is 1.58. The molecule has 0 fully saturated rings. The maximum absolute atomic E-state index is 13.3. The fraction of sp³-hybridized carbons (Fsp3) is 0.143. The van der Waals surface area contributed by atoms with Crippen LogP contribution in [0.5, 0.6) is 5.75 Å². The summed E-state index contributed by atoms with van der Waals surface area (Å²) in [6.45, 7) is 0.204. The summed E-state index contributed by atoms with van der Waals surface area (Å²) in [6.07, 6.45) is 1.52. The van der Waals surface area contributed by atoms with Gasteiger partial charge in [-0.15, -0.1) is 0 Å². The third-order valence-electron chi connectivity index (χ3n) is 2.66. The van der Waals surface area contributed by atoms with Gasteiger partial charge < -0.3 is 15.8 Å². The van der Waals surface area contributed by atoms with Crippen molar-refractivity contribution in [2.75, 3.05) is 12.8 Å². The Bertz CT molecular complexity index is 632. The van der Waals surface area contributed by atoms with Crippen LogP contribution < -0.4 is 15.8 Å². The van der Waals surface area contributed by atoms with E-state index in [1.165, 1.54) is 25.4 Å². The smallest absolute Gasteiger partial charge is 0.269 e. The molecule has 6 heteroatoms. The van der Waals surface area contributed by atoms with Gasteiger partial charge in [0.05, 0.1) is 5.69 Å². The molecule has 0 spiro atoms. The van der Waals surface area contributed by atoms with E-state index in [2.05, 4.69) is 10.3 Å². The number of rotatable bonds is 4. The molecule has 1 heterocycles. The van der Waals surface area contributed by atoms with E-state index in [0.29, 0.717) is 11.4 Å². The molecule has 1 amide bonds. The number of nitrogen functional groups attached to an aromatic ring is 1. The molecule has 0 aliphatic carbocycles. The van der Waals surface area contributed by atoms with Crippen LogP contribution >= 0.6 is 0 Å². The lowest BCUT2D eigenvalue weighted by Crippen LogP contribution is -2.19. The number of carbonyl (C=O) groups is 1. The molecule has 0 aliphatic rings. The van der Waals surface area contributed by atoms with Crippen LogP contribution in [0.15, 0.2) is 36.5 Å². The average Bonchev–Trinajstić information content (AvgIpc) is 2.48. The van der Waals surface area contributed by atoms with E-state index in [4.69, 9.17) is 10.5 Å². The minimum Gasteiger partial charge on any atom is -0.489 e. The van der Waals surface area contributed by atoms with Gasteiger partial charge in [0.1, 0.15) is 23.9 Å². The van der Waals surface area contributed by atoms with Crippen molar-refractivity contribution in [3.63, 3.8) is 0 Å². The molecular weight excluding hydrogens is 261 g/mol. The van der Waals surface area contributed by atoms with Gasteiger partial charge >= 0.3 is 0 Å². The van der Waals surface area contributed by atoms with Crippen LogP contribution in [0.2, 0.25) is 0 Å². The predicted molar refractivity (Wildman–Crippen MR) is 72.8 cm³/mol. The van der Waals surface area contributed by atoms with Crippen molar-refractivity contribution >= 4 is 11.6 Å². The van der Waals surface area contributed by atoms with E-state index >= 15 is 0 Å². The normalized spacial score (nSPS) is 10.1. The molecule has 0 radical (unpaired) electrons. The highest BCUT2D eigenvalue weighted by molar-refractivity contribution is 5.92. The molecule has 0 saturated carbocycles. The number of nitrogens with zero attached hydrogens (tertiary/aromatic N) is 1. The molecule has 2 rings (SSSR count). The van der Waals surface area contributed by atoms with Crippen molar-refractivity contribution in [1.29, 1.82) is 0 Å². The summed E-state index contributed by atoms with van der Waals surface area (Å²) in [5, 5.41) is 2.49. The van der Waals surface area contributed by atoms with Crippen LogP contribution in [0, 0.1) is 5.82 Å². The first-order valence-electron chi connectivity index (χ1n) is 5.95. The molecule has 1 aromatic carbocycles. The van der Waals surface area contributed by atoms with Crippen LogP contribution in [0.4, 0.5) is 10.1 Å². The zero-order chi connectivity index (χ0) is 14.5. The Labute approximate surface area is 115 Å². The highest BCUT2D eigenvalue weighted by atomic mass is 19.1. The van der Waals surface area contributed by atoms with Gasteiger partial charge in [-0.2, -0.15) is 0 Å². The van der Waals surface area contributed by atoms with Crippen LogP contribution in [-0.2, 0) is 6.61 Å². The number of ether oxygens (including phenoxy) is 1. The summed E-state index contributed by atoms with van der Waals surface area (Å²) >= 11 is 0. The minimum atomic E-state index is -0.525. The Kier molecular flexibility index (Phi) is 4.14. The quantitative estimate of drug-likeness (QED) is 0.833. The first-order chi connectivity index (χ1) is 9.60. The number of nitrogens with one attached hydrogen (secondary N) is 1. The molecule has 2 aromatic rings. The van der Waals surface area contributed by atoms with Crippen LogP contribution in [0.3, 0.4) is 0 Å². The number of amides is 1. The van der Waals surface area contributed by atoms with E-state index in [1.807, 2.05) is 0 Å². The zero-order valence-corrected chi connectivity index (χ0v) is 10.9. The zero-order valence-electron chi connectivity index (χ0n) is 10.9. The SMILES string of the molecule is CNC(=O)c1cc(COc2ccc(N)c(F)c2)ccn1. The number of pyridine rings is 1. The Morgan fingerprint density at radius 1 is 1.40 bits per heavy atom. The maximum atomic E-state index is 13.3. The molecule has 104 valence electrons.